The largest absolute Gasteiger partial charge is 0.486 e. The van der Waals surface area contributed by atoms with Gasteiger partial charge in [0.25, 0.3) is 11.1 Å². The molecule has 0 aliphatic carbocycles. The van der Waals surface area contributed by atoms with Crippen LogP contribution in [0.5, 0.6) is 5.19 Å². The molecular formula is C21H20N4O3S. The SMILES string of the molecule is NC(=O)c1cccc(N2CCN(C(=O)c3sc(O)nc3-c3ccccc3)CC2)c1. The van der Waals surface area contributed by atoms with E-state index in [1.54, 1.807) is 23.1 Å². The van der Waals surface area contributed by atoms with Crippen LogP contribution in [0.1, 0.15) is 20.0 Å². The molecule has 1 aliphatic rings. The summed E-state index contributed by atoms with van der Waals surface area (Å²) in [4.78, 5) is 33.0. The average molecular weight is 408 g/mol. The Morgan fingerprint density at radius 2 is 1.72 bits per heavy atom. The Balaban J connectivity index is 1.49. The van der Waals surface area contributed by atoms with Gasteiger partial charge in [-0.05, 0) is 18.2 Å². The number of amides is 2. The van der Waals surface area contributed by atoms with Crippen molar-refractivity contribution in [1.82, 2.24) is 9.88 Å². The number of nitrogens with two attached hydrogens (primary N) is 1. The number of aromatic hydroxyl groups is 1. The summed E-state index contributed by atoms with van der Waals surface area (Å²) in [6.07, 6.45) is 0. The smallest absolute Gasteiger partial charge is 0.272 e. The van der Waals surface area contributed by atoms with Crippen LogP contribution in [0.15, 0.2) is 54.6 Å². The van der Waals surface area contributed by atoms with Crippen molar-refractivity contribution in [2.45, 2.75) is 0 Å². The lowest BCUT2D eigenvalue weighted by atomic mass is 10.1. The highest BCUT2D eigenvalue weighted by Gasteiger charge is 2.27. The molecule has 0 radical (unpaired) electrons. The molecule has 148 valence electrons. The van der Waals surface area contributed by atoms with Gasteiger partial charge in [0.1, 0.15) is 4.88 Å². The summed E-state index contributed by atoms with van der Waals surface area (Å²) in [7, 11) is 0. The molecule has 0 unspecified atom stereocenters. The van der Waals surface area contributed by atoms with E-state index in [4.69, 9.17) is 5.73 Å². The van der Waals surface area contributed by atoms with Gasteiger partial charge in [0.15, 0.2) is 0 Å². The first kappa shape index (κ1) is 18.9. The number of rotatable bonds is 4. The second-order valence-electron chi connectivity index (χ2n) is 6.73. The first-order chi connectivity index (χ1) is 14.0. The van der Waals surface area contributed by atoms with Crippen LogP contribution in [0, 0.1) is 0 Å². The molecule has 3 N–H and O–H groups in total. The number of carbonyl (C=O) groups excluding carboxylic acids is 2. The standard InChI is InChI=1S/C21H20N4O3S/c22-19(26)15-7-4-8-16(13-15)24-9-11-25(12-10-24)20(27)18-17(23-21(28)29-18)14-5-2-1-3-6-14/h1-8,13H,9-12H2,(H2,22,26)(H,23,28). The number of hydrogen-bond donors (Lipinski definition) is 2. The lowest BCUT2D eigenvalue weighted by molar-refractivity contribution is 0.0752. The number of carbonyl (C=O) groups is 2. The van der Waals surface area contributed by atoms with Crippen molar-refractivity contribution in [2.75, 3.05) is 31.1 Å². The van der Waals surface area contributed by atoms with E-state index >= 15 is 0 Å². The zero-order valence-electron chi connectivity index (χ0n) is 15.6. The summed E-state index contributed by atoms with van der Waals surface area (Å²) in [5.74, 6) is -0.591. The number of primary amides is 1. The molecule has 4 rings (SSSR count). The molecule has 1 fully saturated rings. The fourth-order valence-corrected chi connectivity index (χ4v) is 4.21. The lowest BCUT2D eigenvalue weighted by Crippen LogP contribution is -2.48. The Kier molecular flexibility index (Phi) is 5.18. The number of benzene rings is 2. The molecule has 29 heavy (non-hydrogen) atoms. The van der Waals surface area contributed by atoms with E-state index < -0.39 is 5.91 Å². The van der Waals surface area contributed by atoms with Gasteiger partial charge in [0, 0.05) is 43.0 Å². The first-order valence-corrected chi connectivity index (χ1v) is 10.0. The molecule has 1 saturated heterocycles. The second kappa shape index (κ2) is 7.92. The maximum absolute atomic E-state index is 13.1. The molecule has 2 amide bonds. The summed E-state index contributed by atoms with van der Waals surface area (Å²) < 4.78 is 0. The fourth-order valence-electron chi connectivity index (χ4n) is 3.41. The number of anilines is 1. The van der Waals surface area contributed by atoms with Crippen LogP contribution in [0.4, 0.5) is 5.69 Å². The predicted octanol–water partition coefficient (Wildman–Crippen LogP) is 2.58. The molecule has 1 aromatic heterocycles. The highest BCUT2D eigenvalue weighted by atomic mass is 32.1. The predicted molar refractivity (Wildman–Crippen MR) is 112 cm³/mol. The van der Waals surface area contributed by atoms with Gasteiger partial charge in [-0.15, -0.1) is 0 Å². The number of piperazine rings is 1. The van der Waals surface area contributed by atoms with Crippen molar-refractivity contribution in [3.05, 3.63) is 65.0 Å². The average Bonchev–Trinajstić information content (AvgIpc) is 3.16. The lowest BCUT2D eigenvalue weighted by Gasteiger charge is -2.36. The van der Waals surface area contributed by atoms with Crippen LogP contribution < -0.4 is 10.6 Å². The Labute approximate surface area is 172 Å². The minimum Gasteiger partial charge on any atom is -0.486 e. The van der Waals surface area contributed by atoms with Gasteiger partial charge in [0.05, 0.1) is 5.69 Å². The van der Waals surface area contributed by atoms with E-state index in [0.29, 0.717) is 42.3 Å². The summed E-state index contributed by atoms with van der Waals surface area (Å²) in [6.45, 7) is 2.35. The molecule has 7 nitrogen and oxygen atoms in total. The summed E-state index contributed by atoms with van der Waals surface area (Å²) in [6, 6.07) is 16.6. The quantitative estimate of drug-likeness (QED) is 0.691. The van der Waals surface area contributed by atoms with E-state index in [9.17, 15) is 14.7 Å². The van der Waals surface area contributed by atoms with Crippen LogP contribution in [0.2, 0.25) is 0 Å². The Hall–Kier alpha value is -3.39. The van der Waals surface area contributed by atoms with E-state index in [1.165, 1.54) is 0 Å². The van der Waals surface area contributed by atoms with Gasteiger partial charge in [0.2, 0.25) is 5.91 Å². The summed E-state index contributed by atoms with van der Waals surface area (Å²) >= 11 is 1.00. The number of aromatic nitrogens is 1. The molecule has 3 aromatic rings. The molecule has 0 bridgehead atoms. The van der Waals surface area contributed by atoms with Gasteiger partial charge < -0.3 is 20.6 Å². The third kappa shape index (κ3) is 3.93. The number of hydrogen-bond acceptors (Lipinski definition) is 6. The van der Waals surface area contributed by atoms with Gasteiger partial charge in [-0.2, -0.15) is 0 Å². The van der Waals surface area contributed by atoms with Crippen molar-refractivity contribution >= 4 is 28.8 Å². The minimum atomic E-state index is -0.459. The molecule has 0 saturated carbocycles. The fraction of sp³-hybridized carbons (Fsp3) is 0.190. The topological polar surface area (TPSA) is 99.8 Å². The molecule has 8 heteroatoms. The first-order valence-electron chi connectivity index (χ1n) is 9.22. The zero-order valence-corrected chi connectivity index (χ0v) is 16.4. The third-order valence-electron chi connectivity index (χ3n) is 4.92. The highest BCUT2D eigenvalue weighted by molar-refractivity contribution is 7.15. The van der Waals surface area contributed by atoms with Crippen LogP contribution >= 0.6 is 11.3 Å². The molecule has 2 heterocycles. The van der Waals surface area contributed by atoms with E-state index in [2.05, 4.69) is 9.88 Å². The van der Waals surface area contributed by atoms with Crippen molar-refractivity contribution in [1.29, 1.82) is 0 Å². The molecule has 2 aromatic carbocycles. The normalized spacial score (nSPS) is 14.1. The van der Waals surface area contributed by atoms with Gasteiger partial charge in [-0.1, -0.05) is 47.7 Å². The van der Waals surface area contributed by atoms with Gasteiger partial charge in [-0.25, -0.2) is 4.98 Å². The van der Waals surface area contributed by atoms with E-state index in [-0.39, 0.29) is 11.1 Å². The van der Waals surface area contributed by atoms with Crippen LogP contribution in [0.25, 0.3) is 11.3 Å². The Morgan fingerprint density at radius 3 is 2.41 bits per heavy atom. The maximum Gasteiger partial charge on any atom is 0.272 e. The molecular weight excluding hydrogens is 388 g/mol. The van der Waals surface area contributed by atoms with Gasteiger partial charge >= 0.3 is 0 Å². The summed E-state index contributed by atoms with van der Waals surface area (Å²) in [5.41, 5.74) is 8.05. The van der Waals surface area contributed by atoms with Crippen LogP contribution in [-0.4, -0.2) is 53.0 Å². The van der Waals surface area contributed by atoms with Crippen molar-refractivity contribution in [3.63, 3.8) is 0 Å². The molecule has 1 aliphatic heterocycles. The third-order valence-corrected chi connectivity index (χ3v) is 5.77. The zero-order chi connectivity index (χ0) is 20.4. The van der Waals surface area contributed by atoms with Crippen LogP contribution in [-0.2, 0) is 0 Å². The Bertz CT molecular complexity index is 1040. The highest BCUT2D eigenvalue weighted by Crippen LogP contribution is 2.33. The van der Waals surface area contributed by atoms with Gasteiger partial charge in [-0.3, -0.25) is 9.59 Å². The van der Waals surface area contributed by atoms with Crippen molar-refractivity contribution < 1.29 is 14.7 Å². The van der Waals surface area contributed by atoms with E-state index in [0.717, 1.165) is 22.6 Å². The minimum absolute atomic E-state index is 0.117. The second-order valence-corrected chi connectivity index (χ2v) is 7.71. The summed E-state index contributed by atoms with van der Waals surface area (Å²) in [5, 5.41) is 9.78. The molecule has 0 atom stereocenters. The molecule has 0 spiro atoms. The van der Waals surface area contributed by atoms with Crippen molar-refractivity contribution in [3.8, 4) is 16.5 Å². The number of nitrogens with zero attached hydrogens (tertiary/aromatic N) is 3. The Morgan fingerprint density at radius 1 is 1.00 bits per heavy atom. The van der Waals surface area contributed by atoms with E-state index in [1.807, 2.05) is 36.4 Å². The van der Waals surface area contributed by atoms with Crippen molar-refractivity contribution in [2.24, 2.45) is 5.73 Å². The van der Waals surface area contributed by atoms with Crippen LogP contribution in [0.3, 0.4) is 0 Å². The maximum atomic E-state index is 13.1. The number of thiazole rings is 1. The monoisotopic (exact) mass is 408 g/mol.